The van der Waals surface area contributed by atoms with Crippen LogP contribution in [0.3, 0.4) is 0 Å². The third-order valence-electron chi connectivity index (χ3n) is 3.86. The van der Waals surface area contributed by atoms with E-state index in [0.29, 0.717) is 6.54 Å². The summed E-state index contributed by atoms with van der Waals surface area (Å²) in [5.41, 5.74) is 7.62. The van der Waals surface area contributed by atoms with Gasteiger partial charge in [-0.1, -0.05) is 60.7 Å². The highest BCUT2D eigenvalue weighted by Crippen LogP contribution is 2.25. The number of nitrogens with two attached hydrogens (primary N) is 1. The minimum atomic E-state index is -0.601. The molecule has 0 radical (unpaired) electrons. The van der Waals surface area contributed by atoms with Gasteiger partial charge in [-0.3, -0.25) is 10.1 Å². The van der Waals surface area contributed by atoms with Crippen molar-refractivity contribution in [3.8, 4) is 0 Å². The van der Waals surface area contributed by atoms with Gasteiger partial charge in [0.15, 0.2) is 0 Å². The van der Waals surface area contributed by atoms with Crippen molar-refractivity contribution in [1.29, 1.82) is 0 Å². The van der Waals surface area contributed by atoms with Gasteiger partial charge in [-0.05, 0) is 11.1 Å². The highest BCUT2D eigenvalue weighted by atomic mass is 16.6. The molecule has 1 heterocycles. The normalized spacial score (nSPS) is 10.6. The number of aromatic nitrogens is 2. The summed E-state index contributed by atoms with van der Waals surface area (Å²) in [6.45, 7) is 0.533. The van der Waals surface area contributed by atoms with Crippen LogP contribution in [0.15, 0.2) is 66.9 Å². The lowest BCUT2D eigenvalue weighted by molar-refractivity contribution is -0.384. The molecule has 0 saturated heterocycles. The van der Waals surface area contributed by atoms with Gasteiger partial charge in [-0.2, -0.15) is 4.98 Å². The largest absolute Gasteiger partial charge is 0.378 e. The highest BCUT2D eigenvalue weighted by molar-refractivity contribution is 5.53. The lowest BCUT2D eigenvalue weighted by Crippen LogP contribution is -2.16. The number of nitrogen functional groups attached to an aromatic ring is 1. The van der Waals surface area contributed by atoms with Crippen molar-refractivity contribution in [1.82, 2.24) is 9.97 Å². The van der Waals surface area contributed by atoms with E-state index in [1.165, 1.54) is 0 Å². The van der Waals surface area contributed by atoms with Crippen LogP contribution in [0.25, 0.3) is 0 Å². The number of hydrogen-bond acceptors (Lipinski definition) is 6. The molecule has 0 aliphatic rings. The Morgan fingerprint density at radius 1 is 1.04 bits per heavy atom. The quantitative estimate of drug-likeness (QED) is 0.529. The molecule has 3 aromatic rings. The smallest absolute Gasteiger partial charge is 0.329 e. The number of nitrogens with zero attached hydrogens (tertiary/aromatic N) is 3. The van der Waals surface area contributed by atoms with Crippen LogP contribution in [0.1, 0.15) is 17.0 Å². The van der Waals surface area contributed by atoms with E-state index in [1.807, 2.05) is 36.4 Å². The summed E-state index contributed by atoms with van der Waals surface area (Å²) in [5, 5.41) is 13.9. The molecule has 0 fully saturated rings. The molecule has 2 aromatic carbocycles. The van der Waals surface area contributed by atoms with Crippen molar-refractivity contribution >= 4 is 17.5 Å². The summed E-state index contributed by atoms with van der Waals surface area (Å²) in [6, 6.07) is 20.1. The van der Waals surface area contributed by atoms with Crippen molar-refractivity contribution in [2.24, 2.45) is 0 Å². The minimum Gasteiger partial charge on any atom is -0.378 e. The Bertz CT molecular complexity index is 816. The summed E-state index contributed by atoms with van der Waals surface area (Å²) in [4.78, 5) is 18.1. The molecule has 3 rings (SSSR count). The second kappa shape index (κ2) is 7.39. The summed E-state index contributed by atoms with van der Waals surface area (Å²) < 4.78 is 0. The Morgan fingerprint density at radius 2 is 1.60 bits per heavy atom. The second-order valence-corrected chi connectivity index (χ2v) is 5.48. The Morgan fingerprint density at radius 3 is 2.08 bits per heavy atom. The molecule has 0 bridgehead atoms. The molecular weight excluding hydrogens is 318 g/mol. The fraction of sp³-hybridized carbons (Fsp3) is 0.111. The van der Waals surface area contributed by atoms with Gasteiger partial charge in [0.2, 0.25) is 11.8 Å². The van der Waals surface area contributed by atoms with E-state index < -0.39 is 4.92 Å². The molecule has 0 atom stereocenters. The molecule has 3 N–H and O–H groups in total. The van der Waals surface area contributed by atoms with Crippen LogP contribution in [-0.4, -0.2) is 21.4 Å². The molecule has 0 unspecified atom stereocenters. The first-order chi connectivity index (χ1) is 12.1. The van der Waals surface area contributed by atoms with E-state index >= 15 is 0 Å². The molecule has 25 heavy (non-hydrogen) atoms. The van der Waals surface area contributed by atoms with Crippen molar-refractivity contribution < 1.29 is 4.92 Å². The number of nitrogens with one attached hydrogen (secondary N) is 1. The predicted molar refractivity (Wildman–Crippen MR) is 96.3 cm³/mol. The molecule has 0 spiro atoms. The van der Waals surface area contributed by atoms with E-state index in [4.69, 9.17) is 5.73 Å². The monoisotopic (exact) mass is 335 g/mol. The number of anilines is 2. The molecule has 7 nitrogen and oxygen atoms in total. The van der Waals surface area contributed by atoms with Crippen LogP contribution in [0.2, 0.25) is 0 Å². The van der Waals surface area contributed by atoms with Crippen LogP contribution in [0, 0.1) is 10.1 Å². The van der Waals surface area contributed by atoms with E-state index in [-0.39, 0.29) is 23.4 Å². The number of benzene rings is 2. The van der Waals surface area contributed by atoms with E-state index in [2.05, 4.69) is 39.6 Å². The Hall–Kier alpha value is -3.48. The van der Waals surface area contributed by atoms with Crippen LogP contribution < -0.4 is 11.1 Å². The van der Waals surface area contributed by atoms with E-state index in [0.717, 1.165) is 17.3 Å². The van der Waals surface area contributed by atoms with Crippen molar-refractivity contribution in [2.75, 3.05) is 17.6 Å². The van der Waals surface area contributed by atoms with Gasteiger partial charge < -0.3 is 11.1 Å². The lowest BCUT2D eigenvalue weighted by atomic mass is 9.91. The van der Waals surface area contributed by atoms with Gasteiger partial charge in [0, 0.05) is 12.5 Å². The zero-order valence-corrected chi connectivity index (χ0v) is 13.4. The number of rotatable bonds is 6. The maximum absolute atomic E-state index is 10.8. The third kappa shape index (κ3) is 3.89. The van der Waals surface area contributed by atoms with Crippen LogP contribution >= 0.6 is 0 Å². The molecule has 126 valence electrons. The fourth-order valence-corrected chi connectivity index (χ4v) is 2.61. The summed E-state index contributed by atoms with van der Waals surface area (Å²) >= 11 is 0. The molecule has 0 saturated carbocycles. The van der Waals surface area contributed by atoms with E-state index in [1.54, 1.807) is 0 Å². The number of hydrogen-bond donors (Lipinski definition) is 2. The fourth-order valence-electron chi connectivity index (χ4n) is 2.61. The molecule has 0 amide bonds. The molecule has 7 heteroatoms. The predicted octanol–water partition coefficient (Wildman–Crippen LogP) is 3.21. The van der Waals surface area contributed by atoms with Gasteiger partial charge in [0.25, 0.3) is 0 Å². The Balaban J connectivity index is 1.82. The summed E-state index contributed by atoms with van der Waals surface area (Å²) in [6.07, 6.45) is 1.12. The summed E-state index contributed by atoms with van der Waals surface area (Å²) in [5.74, 6) is 0.195. The van der Waals surface area contributed by atoms with Gasteiger partial charge in [0.05, 0.1) is 4.92 Å². The molecule has 1 aromatic heterocycles. The van der Waals surface area contributed by atoms with Crippen molar-refractivity contribution in [2.45, 2.75) is 5.92 Å². The van der Waals surface area contributed by atoms with Gasteiger partial charge in [-0.25, -0.2) is 4.98 Å². The SMILES string of the molecule is Nc1nc(NCC(c2ccccc2)c2ccccc2)ncc1[N+](=O)[O-]. The van der Waals surface area contributed by atoms with Gasteiger partial charge in [-0.15, -0.1) is 0 Å². The van der Waals surface area contributed by atoms with E-state index in [9.17, 15) is 10.1 Å². The first-order valence-electron chi connectivity index (χ1n) is 7.76. The second-order valence-electron chi connectivity index (χ2n) is 5.48. The molecule has 0 aliphatic carbocycles. The third-order valence-corrected chi connectivity index (χ3v) is 3.86. The summed E-state index contributed by atoms with van der Waals surface area (Å²) in [7, 11) is 0. The molecule has 0 aliphatic heterocycles. The average Bonchev–Trinajstić information content (AvgIpc) is 2.63. The highest BCUT2D eigenvalue weighted by Gasteiger charge is 2.17. The van der Waals surface area contributed by atoms with Crippen LogP contribution in [0.5, 0.6) is 0 Å². The lowest BCUT2D eigenvalue weighted by Gasteiger charge is -2.18. The Labute approximate surface area is 144 Å². The van der Waals surface area contributed by atoms with Gasteiger partial charge >= 0.3 is 5.69 Å². The number of nitro groups is 1. The Kier molecular flexibility index (Phi) is 4.84. The average molecular weight is 335 g/mol. The first-order valence-corrected chi connectivity index (χ1v) is 7.76. The van der Waals surface area contributed by atoms with Crippen molar-refractivity contribution in [3.05, 3.63) is 88.1 Å². The molecular formula is C18H17N5O2. The van der Waals surface area contributed by atoms with Crippen LogP contribution in [-0.2, 0) is 0 Å². The standard InChI is InChI=1S/C18H17N5O2/c19-17-16(23(24)25)12-21-18(22-17)20-11-15(13-7-3-1-4-8-13)14-9-5-2-6-10-14/h1-10,12,15H,11H2,(H3,19,20,21,22). The maximum atomic E-state index is 10.8. The van der Waals surface area contributed by atoms with Crippen molar-refractivity contribution in [3.63, 3.8) is 0 Å². The topological polar surface area (TPSA) is 107 Å². The van der Waals surface area contributed by atoms with Crippen LogP contribution in [0.4, 0.5) is 17.5 Å². The maximum Gasteiger partial charge on any atom is 0.329 e. The van der Waals surface area contributed by atoms with Gasteiger partial charge in [0.1, 0.15) is 6.20 Å². The zero-order chi connectivity index (χ0) is 17.6. The minimum absolute atomic E-state index is 0.0856. The first kappa shape index (κ1) is 16.4. The zero-order valence-electron chi connectivity index (χ0n) is 13.4.